The van der Waals surface area contributed by atoms with Gasteiger partial charge in [-0.25, -0.2) is 9.97 Å². The highest BCUT2D eigenvalue weighted by Gasteiger charge is 2.42. The summed E-state index contributed by atoms with van der Waals surface area (Å²) in [6.45, 7) is 15.5. The Morgan fingerprint density at radius 3 is 1.35 bits per heavy atom. The second kappa shape index (κ2) is 13.4. The van der Waals surface area contributed by atoms with Gasteiger partial charge in [0.05, 0.1) is 40.0 Å². The normalized spacial score (nSPS) is 19.0. The van der Waals surface area contributed by atoms with Crippen LogP contribution in [0.15, 0.2) is 115 Å². The van der Waals surface area contributed by atoms with Crippen molar-refractivity contribution < 1.29 is 26.3 Å². The number of halogens is 6. The highest BCUT2D eigenvalue weighted by Crippen LogP contribution is 2.48. The summed E-state index contributed by atoms with van der Waals surface area (Å²) < 4.78 is 83.1. The first kappa shape index (κ1) is 38.1. The van der Waals surface area contributed by atoms with Crippen molar-refractivity contribution in [2.75, 3.05) is 0 Å². The van der Waals surface area contributed by atoms with Crippen molar-refractivity contribution in [3.63, 3.8) is 0 Å². The Balaban J connectivity index is 1.58. The van der Waals surface area contributed by atoms with Gasteiger partial charge in [-0.2, -0.15) is 26.3 Å². The zero-order chi connectivity index (χ0) is 38.6. The topological polar surface area (TPSA) is 127 Å². The first-order valence-corrected chi connectivity index (χ1v) is 16.4. The predicted molar refractivity (Wildman–Crippen MR) is 186 cm³/mol. The summed E-state index contributed by atoms with van der Waals surface area (Å²) in [6, 6.07) is 9.31. The van der Waals surface area contributed by atoms with E-state index in [0.29, 0.717) is 46.6 Å². The summed E-state index contributed by atoms with van der Waals surface area (Å²) in [6.07, 6.45) is -5.16. The smallest absolute Gasteiger partial charge is 0.399 e. The third-order valence-electron chi connectivity index (χ3n) is 8.94. The maximum atomic E-state index is 13.8. The van der Waals surface area contributed by atoms with Crippen LogP contribution in [0.2, 0.25) is 0 Å². The van der Waals surface area contributed by atoms with Crippen LogP contribution in [-0.2, 0) is 12.4 Å². The van der Waals surface area contributed by atoms with Gasteiger partial charge in [0, 0.05) is 11.4 Å². The fourth-order valence-corrected chi connectivity index (χ4v) is 6.20. The van der Waals surface area contributed by atoms with Gasteiger partial charge in [-0.1, -0.05) is 78.0 Å². The number of aromatic nitrogens is 2. The van der Waals surface area contributed by atoms with E-state index in [1.807, 2.05) is 79.7 Å². The minimum absolute atomic E-state index is 0.0350. The summed E-state index contributed by atoms with van der Waals surface area (Å²) in [5, 5.41) is 16.7. The van der Waals surface area contributed by atoms with Gasteiger partial charge in [0.2, 0.25) is 0 Å². The molecule has 274 valence electrons. The molecule has 0 aliphatic heterocycles. The molecule has 2 atom stereocenters. The van der Waals surface area contributed by atoms with Crippen molar-refractivity contribution in [1.82, 2.24) is 9.97 Å². The SMILES string of the molecule is Cc1cccc(C)c1/N=N/C1=C(N)C(c2cc(C3C=C(C(C)(C)C)C(/N=N/c4c(C(F)(F)F)cccc4C(F)(F)F)=C3N)ncn2)C=C1C(C)(C)C. The summed E-state index contributed by atoms with van der Waals surface area (Å²) in [5.74, 6) is -1.25. The average molecular weight is 723 g/mol. The standard InChI is InChI=1S/C38H40F6N8/c1-19-11-9-12-20(2)31(19)49-51-33-25(35(3,4)5)15-21(29(33)45)27-17-28(48-18-47-27)22-16-26(36(6,7)8)34(30(22)46)52-50-32-23(37(39,40)41)13-10-14-24(32)38(42,43)44/h9-18,21-22H,45-46H2,1-8H3/b51-49+,52-50+. The number of rotatable bonds is 6. The molecule has 5 rings (SSSR count). The third-order valence-corrected chi connectivity index (χ3v) is 8.94. The van der Waals surface area contributed by atoms with Crippen molar-refractivity contribution in [1.29, 1.82) is 0 Å². The van der Waals surface area contributed by atoms with E-state index in [2.05, 4.69) is 30.4 Å². The minimum Gasteiger partial charge on any atom is -0.399 e. The molecular weight excluding hydrogens is 682 g/mol. The van der Waals surface area contributed by atoms with Crippen molar-refractivity contribution >= 4 is 11.4 Å². The van der Waals surface area contributed by atoms with Gasteiger partial charge in [0.25, 0.3) is 0 Å². The zero-order valence-corrected chi connectivity index (χ0v) is 30.0. The molecule has 4 N–H and O–H groups in total. The molecule has 14 heteroatoms. The predicted octanol–water partition coefficient (Wildman–Crippen LogP) is 11.2. The number of allylic oxidation sites excluding steroid dienone is 4. The molecule has 1 aromatic heterocycles. The summed E-state index contributed by atoms with van der Waals surface area (Å²) in [7, 11) is 0. The van der Waals surface area contributed by atoms with Crippen molar-refractivity contribution in [2.45, 2.75) is 79.6 Å². The molecule has 2 unspecified atom stereocenters. The number of azo groups is 2. The summed E-state index contributed by atoms with van der Waals surface area (Å²) >= 11 is 0. The Bertz CT molecular complexity index is 2030. The molecule has 2 aromatic carbocycles. The maximum absolute atomic E-state index is 13.8. The van der Waals surface area contributed by atoms with Crippen LogP contribution in [0.3, 0.4) is 0 Å². The Labute approximate surface area is 298 Å². The van der Waals surface area contributed by atoms with Crippen molar-refractivity contribution in [3.8, 4) is 0 Å². The average Bonchev–Trinajstić information content (AvgIpc) is 3.55. The maximum Gasteiger partial charge on any atom is 0.418 e. The molecule has 2 aliphatic rings. The van der Waals surface area contributed by atoms with E-state index in [0.717, 1.165) is 22.4 Å². The van der Waals surface area contributed by atoms with Crippen LogP contribution in [-0.4, -0.2) is 9.97 Å². The van der Waals surface area contributed by atoms with E-state index in [1.165, 1.54) is 6.33 Å². The molecule has 8 nitrogen and oxygen atoms in total. The Morgan fingerprint density at radius 1 is 0.577 bits per heavy atom. The van der Waals surface area contributed by atoms with Crippen LogP contribution in [0.1, 0.15) is 87.0 Å². The quantitative estimate of drug-likeness (QED) is 0.194. The number of nitrogens with two attached hydrogens (primary N) is 2. The molecule has 0 radical (unpaired) electrons. The highest BCUT2D eigenvalue weighted by molar-refractivity contribution is 5.57. The van der Waals surface area contributed by atoms with Gasteiger partial charge in [-0.05, 0) is 65.1 Å². The van der Waals surface area contributed by atoms with Crippen LogP contribution >= 0.6 is 0 Å². The number of nitrogens with zero attached hydrogens (tertiary/aromatic N) is 6. The number of hydrogen-bond donors (Lipinski definition) is 2. The van der Waals surface area contributed by atoms with Gasteiger partial charge >= 0.3 is 12.4 Å². The molecule has 1 heterocycles. The van der Waals surface area contributed by atoms with Crippen LogP contribution in [0.25, 0.3) is 0 Å². The second-order valence-electron chi connectivity index (χ2n) is 14.9. The van der Waals surface area contributed by atoms with Gasteiger partial charge < -0.3 is 11.5 Å². The van der Waals surface area contributed by atoms with E-state index in [1.54, 1.807) is 12.1 Å². The highest BCUT2D eigenvalue weighted by atomic mass is 19.4. The number of aryl methyl sites for hydroxylation is 2. The molecule has 0 amide bonds. The van der Waals surface area contributed by atoms with Gasteiger partial charge in [0.15, 0.2) is 0 Å². The van der Waals surface area contributed by atoms with E-state index in [4.69, 9.17) is 11.5 Å². The number of hydrogen-bond acceptors (Lipinski definition) is 8. The summed E-state index contributed by atoms with van der Waals surface area (Å²) in [4.78, 5) is 8.97. The van der Waals surface area contributed by atoms with Crippen molar-refractivity contribution in [2.24, 2.45) is 42.8 Å². The molecule has 0 bridgehead atoms. The van der Waals surface area contributed by atoms with Gasteiger partial charge in [-0.3, -0.25) is 0 Å². The monoisotopic (exact) mass is 722 g/mol. The fraction of sp³-hybridized carbons (Fsp3) is 0.368. The van der Waals surface area contributed by atoms with E-state index < -0.39 is 46.4 Å². The molecule has 0 saturated carbocycles. The first-order chi connectivity index (χ1) is 24.0. The molecule has 52 heavy (non-hydrogen) atoms. The molecule has 3 aromatic rings. The van der Waals surface area contributed by atoms with E-state index in [9.17, 15) is 26.3 Å². The fourth-order valence-electron chi connectivity index (χ4n) is 6.20. The molecular formula is C38H40F6N8. The lowest BCUT2D eigenvalue weighted by Gasteiger charge is -2.21. The number of benzene rings is 2. The molecule has 2 aliphatic carbocycles. The van der Waals surface area contributed by atoms with Crippen LogP contribution < -0.4 is 11.5 Å². The Morgan fingerprint density at radius 2 is 0.962 bits per heavy atom. The van der Waals surface area contributed by atoms with Gasteiger partial charge in [-0.15, -0.1) is 20.5 Å². The summed E-state index contributed by atoms with van der Waals surface area (Å²) in [5.41, 5.74) is 13.8. The van der Waals surface area contributed by atoms with Crippen molar-refractivity contribution in [3.05, 3.63) is 129 Å². The molecule has 0 fully saturated rings. The first-order valence-electron chi connectivity index (χ1n) is 16.4. The molecule has 0 saturated heterocycles. The zero-order valence-electron chi connectivity index (χ0n) is 30.0. The van der Waals surface area contributed by atoms with Gasteiger partial charge in [0.1, 0.15) is 23.4 Å². The van der Waals surface area contributed by atoms with Crippen LogP contribution in [0.5, 0.6) is 0 Å². The number of alkyl halides is 6. The van der Waals surface area contributed by atoms with E-state index >= 15 is 0 Å². The Hall–Kier alpha value is -5.14. The van der Waals surface area contributed by atoms with Crippen LogP contribution in [0.4, 0.5) is 37.7 Å². The minimum atomic E-state index is -5.12. The largest absolute Gasteiger partial charge is 0.418 e. The third kappa shape index (κ3) is 7.56. The lowest BCUT2D eigenvalue weighted by atomic mass is 9.85. The van der Waals surface area contributed by atoms with Crippen LogP contribution in [0, 0.1) is 24.7 Å². The second-order valence-corrected chi connectivity index (χ2v) is 14.9. The lowest BCUT2D eigenvalue weighted by molar-refractivity contribution is -0.142. The lowest BCUT2D eigenvalue weighted by Crippen LogP contribution is -2.13. The van der Waals surface area contributed by atoms with E-state index in [-0.39, 0.29) is 16.8 Å². The Kier molecular flexibility index (Phi) is 9.85. The molecule has 0 spiro atoms.